The molecule has 0 aliphatic heterocycles. The van der Waals surface area contributed by atoms with Crippen LogP contribution >= 0.6 is 0 Å². The fraction of sp³-hybridized carbons (Fsp3) is 0.167. The SMILES string of the molecule is CCc1ccccc1-c1nccc(=O)[nH]1. The molecule has 0 unspecified atom stereocenters. The third-order valence-electron chi connectivity index (χ3n) is 2.32. The van der Waals surface area contributed by atoms with Crippen molar-refractivity contribution in [2.45, 2.75) is 13.3 Å². The molecule has 0 atom stereocenters. The molecule has 2 aromatic rings. The number of nitrogens with zero attached hydrogens (tertiary/aromatic N) is 1. The van der Waals surface area contributed by atoms with Crippen molar-refractivity contribution in [3.63, 3.8) is 0 Å². The number of aromatic nitrogens is 2. The molecular weight excluding hydrogens is 188 g/mol. The van der Waals surface area contributed by atoms with Crippen LogP contribution in [0.1, 0.15) is 12.5 Å². The van der Waals surface area contributed by atoms with Gasteiger partial charge >= 0.3 is 0 Å². The Morgan fingerprint density at radius 2 is 2.07 bits per heavy atom. The Morgan fingerprint density at radius 1 is 1.27 bits per heavy atom. The first kappa shape index (κ1) is 9.65. The van der Waals surface area contributed by atoms with Crippen molar-refractivity contribution in [1.82, 2.24) is 9.97 Å². The summed E-state index contributed by atoms with van der Waals surface area (Å²) in [5.41, 5.74) is 2.07. The molecule has 1 N–H and O–H groups in total. The molecule has 0 bridgehead atoms. The summed E-state index contributed by atoms with van der Waals surface area (Å²) in [5, 5.41) is 0. The van der Waals surface area contributed by atoms with Crippen molar-refractivity contribution in [3.8, 4) is 11.4 Å². The zero-order chi connectivity index (χ0) is 10.7. The van der Waals surface area contributed by atoms with Gasteiger partial charge in [0.15, 0.2) is 0 Å². The Morgan fingerprint density at radius 3 is 2.80 bits per heavy atom. The molecule has 2 rings (SSSR count). The lowest BCUT2D eigenvalue weighted by Gasteiger charge is -2.05. The van der Waals surface area contributed by atoms with E-state index < -0.39 is 0 Å². The minimum absolute atomic E-state index is 0.120. The van der Waals surface area contributed by atoms with E-state index in [9.17, 15) is 4.79 Å². The first-order valence-corrected chi connectivity index (χ1v) is 4.95. The zero-order valence-electron chi connectivity index (χ0n) is 8.53. The predicted molar refractivity (Wildman–Crippen MR) is 59.7 cm³/mol. The highest BCUT2D eigenvalue weighted by Gasteiger charge is 2.04. The molecule has 3 heteroatoms. The number of rotatable bonds is 2. The number of hydrogen-bond acceptors (Lipinski definition) is 2. The Hall–Kier alpha value is -1.90. The summed E-state index contributed by atoms with van der Waals surface area (Å²) in [6.45, 7) is 2.08. The van der Waals surface area contributed by atoms with Gasteiger partial charge < -0.3 is 4.98 Å². The summed E-state index contributed by atoms with van der Waals surface area (Å²) in [4.78, 5) is 18.1. The van der Waals surface area contributed by atoms with Gasteiger partial charge in [-0.15, -0.1) is 0 Å². The number of benzene rings is 1. The number of hydrogen-bond donors (Lipinski definition) is 1. The van der Waals surface area contributed by atoms with Crippen molar-refractivity contribution in [3.05, 3.63) is 52.4 Å². The lowest BCUT2D eigenvalue weighted by atomic mass is 10.1. The number of aryl methyl sites for hydroxylation is 1. The Labute approximate surface area is 87.8 Å². The molecule has 0 aliphatic rings. The van der Waals surface area contributed by atoms with Gasteiger partial charge in [-0.25, -0.2) is 4.98 Å². The van der Waals surface area contributed by atoms with Crippen LogP contribution in [0.15, 0.2) is 41.3 Å². The minimum Gasteiger partial charge on any atom is -0.307 e. The normalized spacial score (nSPS) is 10.2. The fourth-order valence-electron chi connectivity index (χ4n) is 1.57. The number of aromatic amines is 1. The van der Waals surface area contributed by atoms with Crippen LogP contribution in [0.25, 0.3) is 11.4 Å². The molecule has 0 fully saturated rings. The van der Waals surface area contributed by atoms with Crippen LogP contribution in [-0.2, 0) is 6.42 Å². The third-order valence-corrected chi connectivity index (χ3v) is 2.32. The predicted octanol–water partition coefficient (Wildman–Crippen LogP) is 2.00. The van der Waals surface area contributed by atoms with Gasteiger partial charge in [-0.05, 0) is 12.0 Å². The summed E-state index contributed by atoms with van der Waals surface area (Å²) < 4.78 is 0. The standard InChI is InChI=1S/C12H12N2O/c1-2-9-5-3-4-6-10(9)12-13-8-7-11(15)14-12/h3-8H,2H2,1H3,(H,13,14,15). The van der Waals surface area contributed by atoms with Crippen molar-refractivity contribution >= 4 is 0 Å². The lowest BCUT2D eigenvalue weighted by Crippen LogP contribution is -2.06. The molecule has 0 saturated carbocycles. The quantitative estimate of drug-likeness (QED) is 0.805. The van der Waals surface area contributed by atoms with Crippen molar-refractivity contribution < 1.29 is 0 Å². The average molecular weight is 200 g/mol. The molecule has 0 aliphatic carbocycles. The third kappa shape index (κ3) is 1.96. The molecule has 15 heavy (non-hydrogen) atoms. The maximum Gasteiger partial charge on any atom is 0.251 e. The van der Waals surface area contributed by atoms with E-state index in [1.165, 1.54) is 17.8 Å². The van der Waals surface area contributed by atoms with Gasteiger partial charge in [0, 0.05) is 17.8 Å². The van der Waals surface area contributed by atoms with E-state index >= 15 is 0 Å². The van der Waals surface area contributed by atoms with Crippen molar-refractivity contribution in [2.75, 3.05) is 0 Å². The van der Waals surface area contributed by atoms with Crippen molar-refractivity contribution in [1.29, 1.82) is 0 Å². The van der Waals surface area contributed by atoms with Gasteiger partial charge in [0.25, 0.3) is 5.56 Å². The molecule has 0 amide bonds. The Kier molecular flexibility index (Phi) is 2.63. The van der Waals surface area contributed by atoms with E-state index in [-0.39, 0.29) is 5.56 Å². The molecule has 76 valence electrons. The molecule has 0 saturated heterocycles. The average Bonchev–Trinajstić information content (AvgIpc) is 2.29. The van der Waals surface area contributed by atoms with Gasteiger partial charge in [0.05, 0.1) is 0 Å². The monoisotopic (exact) mass is 200 g/mol. The second-order valence-electron chi connectivity index (χ2n) is 3.29. The van der Waals surface area contributed by atoms with E-state index in [4.69, 9.17) is 0 Å². The largest absolute Gasteiger partial charge is 0.307 e. The summed E-state index contributed by atoms with van der Waals surface area (Å²) in [6.07, 6.45) is 2.45. The topological polar surface area (TPSA) is 45.8 Å². The van der Waals surface area contributed by atoms with E-state index in [0.717, 1.165) is 12.0 Å². The number of nitrogens with one attached hydrogen (secondary N) is 1. The van der Waals surface area contributed by atoms with Crippen LogP contribution in [-0.4, -0.2) is 9.97 Å². The van der Waals surface area contributed by atoms with Gasteiger partial charge in [-0.2, -0.15) is 0 Å². The highest BCUT2D eigenvalue weighted by Crippen LogP contribution is 2.18. The van der Waals surface area contributed by atoms with Crippen LogP contribution in [0.3, 0.4) is 0 Å². The zero-order valence-corrected chi connectivity index (χ0v) is 8.53. The van der Waals surface area contributed by atoms with E-state index in [2.05, 4.69) is 16.9 Å². The molecule has 1 heterocycles. The summed E-state index contributed by atoms with van der Waals surface area (Å²) in [5.74, 6) is 0.639. The van der Waals surface area contributed by atoms with Crippen LogP contribution in [0, 0.1) is 0 Å². The lowest BCUT2D eigenvalue weighted by molar-refractivity contribution is 1.09. The van der Waals surface area contributed by atoms with Crippen molar-refractivity contribution in [2.24, 2.45) is 0 Å². The van der Waals surface area contributed by atoms with Gasteiger partial charge in [0.1, 0.15) is 5.82 Å². The molecule has 1 aromatic heterocycles. The summed E-state index contributed by atoms with van der Waals surface area (Å²) in [7, 11) is 0. The maximum absolute atomic E-state index is 11.2. The van der Waals surface area contributed by atoms with E-state index in [1.54, 1.807) is 0 Å². The van der Waals surface area contributed by atoms with Crippen LogP contribution < -0.4 is 5.56 Å². The molecule has 0 spiro atoms. The first-order chi connectivity index (χ1) is 7.31. The number of H-pyrrole nitrogens is 1. The Balaban J connectivity index is 2.58. The Bertz CT molecular complexity index is 517. The highest BCUT2D eigenvalue weighted by molar-refractivity contribution is 5.59. The van der Waals surface area contributed by atoms with Crippen LogP contribution in [0.5, 0.6) is 0 Å². The molecule has 0 radical (unpaired) electrons. The highest BCUT2D eigenvalue weighted by atomic mass is 16.1. The van der Waals surface area contributed by atoms with E-state index in [1.807, 2.05) is 24.3 Å². The second kappa shape index (κ2) is 4.09. The van der Waals surface area contributed by atoms with Gasteiger partial charge in [-0.1, -0.05) is 31.2 Å². The smallest absolute Gasteiger partial charge is 0.251 e. The second-order valence-corrected chi connectivity index (χ2v) is 3.29. The maximum atomic E-state index is 11.2. The van der Waals surface area contributed by atoms with E-state index in [0.29, 0.717) is 5.82 Å². The fourth-order valence-corrected chi connectivity index (χ4v) is 1.57. The summed E-state index contributed by atoms with van der Waals surface area (Å²) >= 11 is 0. The minimum atomic E-state index is -0.120. The van der Waals surface area contributed by atoms with Crippen LogP contribution in [0.2, 0.25) is 0 Å². The van der Waals surface area contributed by atoms with Crippen LogP contribution in [0.4, 0.5) is 0 Å². The van der Waals surface area contributed by atoms with Gasteiger partial charge in [-0.3, -0.25) is 4.79 Å². The molecular formula is C12H12N2O. The first-order valence-electron chi connectivity index (χ1n) is 4.95. The molecule has 1 aromatic carbocycles. The molecule has 3 nitrogen and oxygen atoms in total. The summed E-state index contributed by atoms with van der Waals surface area (Å²) in [6, 6.07) is 9.36. The van der Waals surface area contributed by atoms with Gasteiger partial charge in [0.2, 0.25) is 0 Å².